The number of nitrogens with one attached hydrogen (secondary N) is 1. The normalized spacial score (nSPS) is 10.9. The largest absolute Gasteiger partial charge is 0.497 e. The first-order valence-corrected chi connectivity index (χ1v) is 12.2. The summed E-state index contributed by atoms with van der Waals surface area (Å²) in [6.45, 7) is 1.99. The summed E-state index contributed by atoms with van der Waals surface area (Å²) in [5.41, 5.74) is 1.71. The Labute approximate surface area is 204 Å². The van der Waals surface area contributed by atoms with E-state index in [1.54, 1.807) is 62.5 Å². The van der Waals surface area contributed by atoms with Gasteiger partial charge in [-0.05, 0) is 73.7 Å². The molecule has 3 aromatic carbocycles. The highest BCUT2D eigenvalue weighted by molar-refractivity contribution is 7.92. The van der Waals surface area contributed by atoms with E-state index < -0.39 is 22.0 Å². The monoisotopic (exact) mass is 497 g/mol. The summed E-state index contributed by atoms with van der Waals surface area (Å²) in [5.74, 6) is 0.138. The molecule has 0 aliphatic heterocycles. The fourth-order valence-corrected chi connectivity index (χ4v) is 4.43. The number of carbonyl (C=O) groups is 2. The van der Waals surface area contributed by atoms with Crippen molar-refractivity contribution in [3.63, 3.8) is 0 Å². The molecule has 184 valence electrons. The average molecular weight is 498 g/mol. The van der Waals surface area contributed by atoms with E-state index in [9.17, 15) is 18.0 Å². The molecule has 10 heteroatoms. The van der Waals surface area contributed by atoms with Gasteiger partial charge in [-0.15, -0.1) is 0 Å². The van der Waals surface area contributed by atoms with Gasteiger partial charge in [-0.2, -0.15) is 0 Å². The van der Waals surface area contributed by atoms with Crippen molar-refractivity contribution in [2.75, 3.05) is 42.3 Å². The van der Waals surface area contributed by atoms with Crippen LogP contribution in [-0.4, -0.2) is 48.2 Å². The van der Waals surface area contributed by atoms with Gasteiger partial charge < -0.3 is 14.8 Å². The van der Waals surface area contributed by atoms with E-state index in [4.69, 9.17) is 9.47 Å². The second-order valence-electron chi connectivity index (χ2n) is 7.46. The molecule has 1 N–H and O–H groups in total. The van der Waals surface area contributed by atoms with Crippen molar-refractivity contribution < 1.29 is 27.5 Å². The van der Waals surface area contributed by atoms with Crippen molar-refractivity contribution in [2.24, 2.45) is 0 Å². The molecule has 0 spiro atoms. The molecule has 0 unspecified atom stereocenters. The molecular weight excluding hydrogens is 470 g/mol. The summed E-state index contributed by atoms with van der Waals surface area (Å²) >= 11 is 0. The summed E-state index contributed by atoms with van der Waals surface area (Å²) in [7, 11) is 0.652. The molecule has 0 bridgehead atoms. The van der Waals surface area contributed by atoms with Crippen LogP contribution in [0.5, 0.6) is 5.75 Å². The molecule has 3 aromatic rings. The first kappa shape index (κ1) is 25.6. The zero-order valence-corrected chi connectivity index (χ0v) is 20.7. The standard InChI is InChI=1S/C25H27N3O6S/c1-5-34-25(30)27(2)20-11-9-19(10-12-20)26-24(29)18-7-6-8-23(17-18)35(31,32)28(3)21-13-15-22(33-4)16-14-21/h6-17H,5H2,1-4H3,(H,26,29). The van der Waals surface area contributed by atoms with Crippen LogP contribution in [0.3, 0.4) is 0 Å². The molecule has 0 saturated carbocycles. The molecule has 9 nitrogen and oxygen atoms in total. The minimum atomic E-state index is -3.91. The fourth-order valence-electron chi connectivity index (χ4n) is 3.18. The predicted octanol–water partition coefficient (Wildman–Crippen LogP) is 4.37. The first-order chi connectivity index (χ1) is 16.7. The van der Waals surface area contributed by atoms with Gasteiger partial charge >= 0.3 is 6.09 Å². The number of hydrogen-bond acceptors (Lipinski definition) is 6. The molecule has 35 heavy (non-hydrogen) atoms. The van der Waals surface area contributed by atoms with Gasteiger partial charge in [0.15, 0.2) is 0 Å². The first-order valence-electron chi connectivity index (χ1n) is 10.7. The maximum atomic E-state index is 13.1. The van der Waals surface area contributed by atoms with Crippen LogP contribution in [0, 0.1) is 0 Å². The maximum absolute atomic E-state index is 13.1. The van der Waals surface area contributed by atoms with Gasteiger partial charge in [-0.3, -0.25) is 14.0 Å². The number of hydrogen-bond donors (Lipinski definition) is 1. The van der Waals surface area contributed by atoms with Crippen molar-refractivity contribution in [2.45, 2.75) is 11.8 Å². The molecule has 3 rings (SSSR count). The highest BCUT2D eigenvalue weighted by Gasteiger charge is 2.22. The number of carbonyl (C=O) groups excluding carboxylic acids is 2. The third kappa shape index (κ3) is 5.90. The van der Waals surface area contributed by atoms with E-state index in [0.29, 0.717) is 22.8 Å². The number of nitrogens with zero attached hydrogens (tertiary/aromatic N) is 2. The topological polar surface area (TPSA) is 105 Å². The van der Waals surface area contributed by atoms with E-state index in [2.05, 4.69) is 5.32 Å². The molecular formula is C25H27N3O6S. The van der Waals surface area contributed by atoms with Crippen molar-refractivity contribution in [1.82, 2.24) is 0 Å². The number of amides is 2. The van der Waals surface area contributed by atoms with Crippen molar-refractivity contribution in [3.05, 3.63) is 78.4 Å². The molecule has 0 aromatic heterocycles. The Kier molecular flexibility index (Phi) is 7.98. The summed E-state index contributed by atoms with van der Waals surface area (Å²) in [4.78, 5) is 26.0. The molecule has 0 heterocycles. The number of sulfonamides is 1. The van der Waals surface area contributed by atoms with Gasteiger partial charge in [0, 0.05) is 31.0 Å². The van der Waals surface area contributed by atoms with Gasteiger partial charge in [0.1, 0.15) is 5.75 Å². The van der Waals surface area contributed by atoms with Crippen molar-refractivity contribution in [3.8, 4) is 5.75 Å². The van der Waals surface area contributed by atoms with Gasteiger partial charge in [-0.25, -0.2) is 13.2 Å². The van der Waals surface area contributed by atoms with Crippen LogP contribution in [-0.2, 0) is 14.8 Å². The Morgan fingerprint density at radius 1 is 0.914 bits per heavy atom. The predicted molar refractivity (Wildman–Crippen MR) is 135 cm³/mol. The maximum Gasteiger partial charge on any atom is 0.413 e. The Bertz CT molecular complexity index is 1290. The van der Waals surface area contributed by atoms with Gasteiger partial charge in [0.2, 0.25) is 0 Å². The van der Waals surface area contributed by atoms with Gasteiger partial charge in [-0.1, -0.05) is 6.07 Å². The van der Waals surface area contributed by atoms with E-state index >= 15 is 0 Å². The third-order valence-corrected chi connectivity index (χ3v) is 7.03. The highest BCUT2D eigenvalue weighted by Crippen LogP contribution is 2.25. The fraction of sp³-hybridized carbons (Fsp3) is 0.200. The number of rotatable bonds is 8. The second kappa shape index (κ2) is 10.9. The zero-order valence-electron chi connectivity index (χ0n) is 19.9. The van der Waals surface area contributed by atoms with Gasteiger partial charge in [0.05, 0.1) is 24.3 Å². The van der Waals surface area contributed by atoms with Crippen LogP contribution >= 0.6 is 0 Å². The SMILES string of the molecule is CCOC(=O)N(C)c1ccc(NC(=O)c2cccc(S(=O)(=O)N(C)c3ccc(OC)cc3)c2)cc1. The number of benzene rings is 3. The van der Waals surface area contributed by atoms with E-state index in [1.165, 1.54) is 43.3 Å². The number of methoxy groups -OCH3 is 1. The minimum Gasteiger partial charge on any atom is -0.497 e. The lowest BCUT2D eigenvalue weighted by molar-refractivity contribution is 0.102. The van der Waals surface area contributed by atoms with E-state index in [0.717, 1.165) is 4.31 Å². The summed E-state index contributed by atoms with van der Waals surface area (Å²) in [5, 5.41) is 2.74. The highest BCUT2D eigenvalue weighted by atomic mass is 32.2. The lowest BCUT2D eigenvalue weighted by atomic mass is 10.2. The van der Waals surface area contributed by atoms with Crippen molar-refractivity contribution >= 4 is 39.1 Å². The van der Waals surface area contributed by atoms with E-state index in [-0.39, 0.29) is 17.1 Å². The van der Waals surface area contributed by atoms with Crippen LogP contribution in [0.4, 0.5) is 21.9 Å². The number of anilines is 3. The van der Waals surface area contributed by atoms with E-state index in [1.807, 2.05) is 0 Å². The minimum absolute atomic E-state index is 0.0186. The Hall–Kier alpha value is -4.05. The molecule has 0 saturated heterocycles. The smallest absolute Gasteiger partial charge is 0.413 e. The lowest BCUT2D eigenvalue weighted by Crippen LogP contribution is -2.27. The second-order valence-corrected chi connectivity index (χ2v) is 9.43. The summed E-state index contributed by atoms with van der Waals surface area (Å²) < 4.78 is 37.5. The van der Waals surface area contributed by atoms with Crippen LogP contribution in [0.25, 0.3) is 0 Å². The molecule has 0 aliphatic carbocycles. The zero-order chi connectivity index (χ0) is 25.6. The Morgan fingerprint density at radius 3 is 2.14 bits per heavy atom. The Balaban J connectivity index is 1.75. The van der Waals surface area contributed by atoms with Crippen molar-refractivity contribution in [1.29, 1.82) is 0 Å². The average Bonchev–Trinajstić information content (AvgIpc) is 2.88. The third-order valence-electron chi connectivity index (χ3n) is 5.24. The quantitative estimate of drug-likeness (QED) is 0.496. The van der Waals surface area contributed by atoms with Crippen LogP contribution in [0.15, 0.2) is 77.7 Å². The summed E-state index contributed by atoms with van der Waals surface area (Å²) in [6, 6.07) is 19.0. The van der Waals surface area contributed by atoms with Gasteiger partial charge in [0.25, 0.3) is 15.9 Å². The van der Waals surface area contributed by atoms with Crippen LogP contribution < -0.4 is 19.3 Å². The molecule has 0 atom stereocenters. The molecule has 2 amide bonds. The molecule has 0 fully saturated rings. The molecule has 0 aliphatic rings. The number of ether oxygens (including phenoxy) is 2. The molecule has 0 radical (unpaired) electrons. The Morgan fingerprint density at radius 2 is 1.54 bits per heavy atom. The lowest BCUT2D eigenvalue weighted by Gasteiger charge is -2.20. The van der Waals surface area contributed by atoms with Crippen LogP contribution in [0.1, 0.15) is 17.3 Å². The van der Waals surface area contributed by atoms with Crippen LogP contribution in [0.2, 0.25) is 0 Å². The summed E-state index contributed by atoms with van der Waals surface area (Å²) in [6.07, 6.45) is -0.484.